The van der Waals surface area contributed by atoms with Crippen LogP contribution < -0.4 is 9.47 Å². The van der Waals surface area contributed by atoms with Gasteiger partial charge in [-0.2, -0.15) is 0 Å². The van der Waals surface area contributed by atoms with E-state index in [1.54, 1.807) is 12.1 Å². The predicted molar refractivity (Wildman–Crippen MR) is 93.4 cm³/mol. The van der Waals surface area contributed by atoms with Gasteiger partial charge in [0, 0.05) is 0 Å². The van der Waals surface area contributed by atoms with Crippen molar-refractivity contribution in [3.8, 4) is 23.0 Å². The van der Waals surface area contributed by atoms with Gasteiger partial charge in [-0.3, -0.25) is 0 Å². The van der Waals surface area contributed by atoms with Gasteiger partial charge < -0.3 is 19.7 Å². The van der Waals surface area contributed by atoms with Crippen molar-refractivity contribution in [1.29, 1.82) is 0 Å². The van der Waals surface area contributed by atoms with Gasteiger partial charge in [0.25, 0.3) is 0 Å². The molecule has 0 aliphatic carbocycles. The third kappa shape index (κ3) is 3.87. The van der Waals surface area contributed by atoms with Gasteiger partial charge in [-0.25, -0.2) is 14.0 Å². The van der Waals surface area contributed by atoms with Crippen LogP contribution in [0.3, 0.4) is 0 Å². The van der Waals surface area contributed by atoms with Crippen molar-refractivity contribution in [1.82, 2.24) is 0 Å². The molecule has 0 fully saturated rings. The molecule has 0 spiro atoms. The van der Waals surface area contributed by atoms with E-state index in [0.717, 1.165) is 6.07 Å². The Morgan fingerprint density at radius 2 is 1.15 bits per heavy atom. The molecule has 3 aromatic rings. The summed E-state index contributed by atoms with van der Waals surface area (Å²) in [5.74, 6) is -3.77. The summed E-state index contributed by atoms with van der Waals surface area (Å²) in [5.41, 5.74) is -0.267. The first-order valence-electron chi connectivity index (χ1n) is 7.76. The summed E-state index contributed by atoms with van der Waals surface area (Å²) >= 11 is 0. The highest BCUT2D eigenvalue weighted by molar-refractivity contribution is 5.91. The van der Waals surface area contributed by atoms with Crippen LogP contribution in [0.25, 0.3) is 0 Å². The minimum absolute atomic E-state index is 0.00744. The van der Waals surface area contributed by atoms with Crippen LogP contribution in [0.2, 0.25) is 0 Å². The first-order chi connectivity index (χ1) is 13.0. The highest BCUT2D eigenvalue weighted by Gasteiger charge is 2.19. The molecule has 0 atom stereocenters. The molecule has 136 valence electrons. The molecule has 0 aliphatic rings. The van der Waals surface area contributed by atoms with Gasteiger partial charge in [0.2, 0.25) is 5.75 Å². The van der Waals surface area contributed by atoms with Crippen LogP contribution in [-0.4, -0.2) is 22.2 Å². The number of carboxylic acids is 2. The van der Waals surface area contributed by atoms with Crippen molar-refractivity contribution in [2.75, 3.05) is 0 Å². The van der Waals surface area contributed by atoms with Gasteiger partial charge in [0.1, 0.15) is 22.6 Å². The number of benzene rings is 3. The third-order valence-electron chi connectivity index (χ3n) is 3.60. The zero-order valence-electron chi connectivity index (χ0n) is 13.8. The highest BCUT2D eigenvalue weighted by atomic mass is 19.1. The van der Waals surface area contributed by atoms with E-state index in [1.807, 2.05) is 0 Å². The Hall–Kier alpha value is -3.87. The second kappa shape index (κ2) is 7.57. The topological polar surface area (TPSA) is 93.1 Å². The summed E-state index contributed by atoms with van der Waals surface area (Å²) in [4.78, 5) is 22.6. The normalized spacial score (nSPS) is 10.3. The largest absolute Gasteiger partial charge is 0.478 e. The summed E-state index contributed by atoms with van der Waals surface area (Å²) in [5, 5.41) is 18.5. The number of ether oxygens (including phenoxy) is 2. The standard InChI is InChI=1S/C20H13FO6/c21-14-8-5-11-17(26-15-9-3-1-6-12(15)19(22)23)18(14)27-16-10-4-2-7-13(16)20(24)25/h1-11H,(H,22,23)(H,24,25). The maximum absolute atomic E-state index is 14.4. The fourth-order valence-electron chi connectivity index (χ4n) is 2.36. The Morgan fingerprint density at radius 3 is 1.70 bits per heavy atom. The molecule has 0 radical (unpaired) electrons. The Labute approximate surface area is 153 Å². The van der Waals surface area contributed by atoms with Gasteiger partial charge >= 0.3 is 11.9 Å². The highest BCUT2D eigenvalue weighted by Crippen LogP contribution is 2.38. The van der Waals surface area contributed by atoms with Crippen molar-refractivity contribution >= 4 is 11.9 Å². The van der Waals surface area contributed by atoms with Crippen molar-refractivity contribution in [3.05, 3.63) is 83.7 Å². The van der Waals surface area contributed by atoms with Gasteiger partial charge in [-0.1, -0.05) is 30.3 Å². The van der Waals surface area contributed by atoms with Crippen LogP contribution in [0.5, 0.6) is 23.0 Å². The second-order valence-electron chi connectivity index (χ2n) is 5.37. The molecule has 2 N–H and O–H groups in total. The average molecular weight is 368 g/mol. The van der Waals surface area contributed by atoms with Crippen molar-refractivity contribution in [2.24, 2.45) is 0 Å². The minimum atomic E-state index is -1.24. The molecule has 7 heteroatoms. The molecule has 0 heterocycles. The molecule has 0 unspecified atom stereocenters. The molecule has 0 saturated carbocycles. The fraction of sp³-hybridized carbons (Fsp3) is 0. The number of hydrogen-bond acceptors (Lipinski definition) is 4. The summed E-state index contributed by atoms with van der Waals surface area (Å²) < 4.78 is 25.4. The molecule has 0 amide bonds. The maximum atomic E-state index is 14.4. The van der Waals surface area contributed by atoms with Gasteiger partial charge in [-0.05, 0) is 36.4 Å². The second-order valence-corrected chi connectivity index (χ2v) is 5.37. The number of para-hydroxylation sites is 3. The Balaban J connectivity index is 2.02. The van der Waals surface area contributed by atoms with Crippen molar-refractivity contribution < 1.29 is 33.7 Å². The first-order valence-corrected chi connectivity index (χ1v) is 7.76. The zero-order chi connectivity index (χ0) is 19.4. The monoisotopic (exact) mass is 368 g/mol. The minimum Gasteiger partial charge on any atom is -0.478 e. The van der Waals surface area contributed by atoms with E-state index in [4.69, 9.17) is 9.47 Å². The lowest BCUT2D eigenvalue weighted by Gasteiger charge is -2.15. The molecule has 0 bridgehead atoms. The van der Waals surface area contributed by atoms with Gasteiger partial charge in [0.05, 0.1) is 0 Å². The maximum Gasteiger partial charge on any atom is 0.339 e. The molecule has 0 saturated heterocycles. The zero-order valence-corrected chi connectivity index (χ0v) is 13.8. The molecule has 3 rings (SSSR count). The third-order valence-corrected chi connectivity index (χ3v) is 3.60. The lowest BCUT2D eigenvalue weighted by atomic mass is 10.2. The first kappa shape index (κ1) is 17.9. The van der Waals surface area contributed by atoms with Crippen molar-refractivity contribution in [3.63, 3.8) is 0 Å². The van der Waals surface area contributed by atoms with E-state index >= 15 is 0 Å². The number of hydrogen-bond donors (Lipinski definition) is 2. The number of carboxylic acid groups (broad SMARTS) is 2. The van der Waals surface area contributed by atoms with Crippen LogP contribution in [0.15, 0.2) is 66.7 Å². The number of halogens is 1. The van der Waals surface area contributed by atoms with Crippen LogP contribution >= 0.6 is 0 Å². The van der Waals surface area contributed by atoms with Crippen molar-refractivity contribution in [2.45, 2.75) is 0 Å². The summed E-state index contributed by atoms with van der Waals surface area (Å²) in [6, 6.07) is 15.5. The van der Waals surface area contributed by atoms with E-state index in [1.165, 1.54) is 48.5 Å². The van der Waals surface area contributed by atoms with E-state index in [2.05, 4.69) is 0 Å². The molecular formula is C20H13FO6. The van der Waals surface area contributed by atoms with Crippen LogP contribution in [-0.2, 0) is 0 Å². The Kier molecular flexibility index (Phi) is 5.03. The Morgan fingerprint density at radius 1 is 0.667 bits per heavy atom. The number of rotatable bonds is 6. The van der Waals surface area contributed by atoms with E-state index in [9.17, 15) is 24.2 Å². The molecule has 6 nitrogen and oxygen atoms in total. The lowest BCUT2D eigenvalue weighted by Crippen LogP contribution is -2.02. The summed E-state index contributed by atoms with van der Waals surface area (Å²) in [7, 11) is 0. The molecular weight excluding hydrogens is 355 g/mol. The molecule has 27 heavy (non-hydrogen) atoms. The van der Waals surface area contributed by atoms with Gasteiger partial charge in [-0.15, -0.1) is 0 Å². The van der Waals surface area contributed by atoms with E-state index in [-0.39, 0.29) is 34.1 Å². The van der Waals surface area contributed by atoms with Crippen LogP contribution in [0, 0.1) is 5.82 Å². The number of aromatic carboxylic acids is 2. The SMILES string of the molecule is O=C(O)c1ccccc1Oc1cccc(F)c1Oc1ccccc1C(=O)O. The van der Waals surface area contributed by atoms with E-state index in [0.29, 0.717) is 0 Å². The number of carbonyl (C=O) groups is 2. The van der Waals surface area contributed by atoms with E-state index < -0.39 is 17.8 Å². The predicted octanol–water partition coefficient (Wildman–Crippen LogP) is 4.81. The molecule has 0 aromatic heterocycles. The molecule has 3 aromatic carbocycles. The Bertz CT molecular complexity index is 1010. The summed E-state index contributed by atoms with van der Waals surface area (Å²) in [6.45, 7) is 0. The fourth-order valence-corrected chi connectivity index (χ4v) is 2.36. The average Bonchev–Trinajstić information content (AvgIpc) is 2.65. The lowest BCUT2D eigenvalue weighted by molar-refractivity contribution is 0.0682. The van der Waals surface area contributed by atoms with Crippen LogP contribution in [0.1, 0.15) is 20.7 Å². The quantitative estimate of drug-likeness (QED) is 0.649. The van der Waals surface area contributed by atoms with Gasteiger partial charge in [0.15, 0.2) is 11.6 Å². The molecule has 0 aliphatic heterocycles. The smallest absolute Gasteiger partial charge is 0.339 e. The van der Waals surface area contributed by atoms with Crippen LogP contribution in [0.4, 0.5) is 4.39 Å². The summed E-state index contributed by atoms with van der Waals surface area (Å²) in [6.07, 6.45) is 0.